The van der Waals surface area contributed by atoms with E-state index >= 15 is 0 Å². The van der Waals surface area contributed by atoms with Crippen molar-refractivity contribution in [2.24, 2.45) is 5.10 Å². The molecule has 0 saturated carbocycles. The van der Waals surface area contributed by atoms with Gasteiger partial charge in [-0.05, 0) is 38.1 Å². The largest absolute Gasteiger partial charge is 0.507 e. The summed E-state index contributed by atoms with van der Waals surface area (Å²) in [4.78, 5) is 4.53. The number of phenolic OH excluding ortho intramolecular Hbond substituents is 1. The standard InChI is InChI=1S/C22H30N4O2/c1-4-24(5-2)19-11-10-18(21(27)16-19)17-23-26-14-12-25(13-15-26)20-8-6-7-9-22(20)28-3/h6-11,16-17,27H,4-5,12-15H2,1-3H3/b23-17-. The van der Waals surface area contributed by atoms with Crippen LogP contribution in [0.3, 0.4) is 0 Å². The highest BCUT2D eigenvalue weighted by Gasteiger charge is 2.18. The van der Waals surface area contributed by atoms with Gasteiger partial charge < -0.3 is 19.6 Å². The molecule has 28 heavy (non-hydrogen) atoms. The number of ether oxygens (including phenoxy) is 1. The van der Waals surface area contributed by atoms with Crippen LogP contribution in [-0.2, 0) is 0 Å². The van der Waals surface area contributed by atoms with Crippen LogP contribution in [0.25, 0.3) is 0 Å². The van der Waals surface area contributed by atoms with Gasteiger partial charge in [-0.1, -0.05) is 12.1 Å². The lowest BCUT2D eigenvalue weighted by Gasteiger charge is -2.35. The van der Waals surface area contributed by atoms with Gasteiger partial charge in [-0.3, -0.25) is 5.01 Å². The number of para-hydroxylation sites is 2. The van der Waals surface area contributed by atoms with Crippen molar-refractivity contribution in [2.45, 2.75) is 13.8 Å². The third-order valence-corrected chi connectivity index (χ3v) is 5.18. The quantitative estimate of drug-likeness (QED) is 0.744. The third kappa shape index (κ3) is 4.50. The van der Waals surface area contributed by atoms with Gasteiger partial charge in [0.05, 0.1) is 32.1 Å². The smallest absolute Gasteiger partial charge is 0.142 e. The number of phenols is 1. The van der Waals surface area contributed by atoms with Crippen LogP contribution in [0.15, 0.2) is 47.6 Å². The molecule has 6 heteroatoms. The molecule has 1 heterocycles. The predicted octanol–water partition coefficient (Wildman–Crippen LogP) is 3.40. The summed E-state index contributed by atoms with van der Waals surface area (Å²) >= 11 is 0. The third-order valence-electron chi connectivity index (χ3n) is 5.18. The average molecular weight is 383 g/mol. The van der Waals surface area contributed by atoms with E-state index in [9.17, 15) is 5.11 Å². The summed E-state index contributed by atoms with van der Waals surface area (Å²) in [7, 11) is 1.71. The SMILES string of the molecule is CCN(CC)c1ccc(/C=N\N2CCN(c3ccccc3OC)CC2)c(O)c1. The van der Waals surface area contributed by atoms with Gasteiger partial charge in [0.1, 0.15) is 11.5 Å². The van der Waals surface area contributed by atoms with Crippen LogP contribution >= 0.6 is 0 Å². The lowest BCUT2D eigenvalue weighted by molar-refractivity contribution is 0.271. The zero-order valence-corrected chi connectivity index (χ0v) is 17.0. The van der Waals surface area contributed by atoms with Crippen LogP contribution < -0.4 is 14.5 Å². The second kappa shape index (κ2) is 9.35. The topological polar surface area (TPSA) is 51.5 Å². The fourth-order valence-electron chi connectivity index (χ4n) is 3.51. The van der Waals surface area contributed by atoms with Crippen LogP contribution in [0.5, 0.6) is 11.5 Å². The van der Waals surface area contributed by atoms with E-state index in [2.05, 4.69) is 34.8 Å². The number of hydrogen-bond acceptors (Lipinski definition) is 6. The fraction of sp³-hybridized carbons (Fsp3) is 0.409. The Morgan fingerprint density at radius 1 is 1.07 bits per heavy atom. The first-order valence-corrected chi connectivity index (χ1v) is 9.91. The molecule has 1 aliphatic rings. The Morgan fingerprint density at radius 3 is 2.43 bits per heavy atom. The van der Waals surface area contributed by atoms with Gasteiger partial charge in [-0.15, -0.1) is 0 Å². The summed E-state index contributed by atoms with van der Waals surface area (Å²) in [6.07, 6.45) is 1.75. The molecule has 0 unspecified atom stereocenters. The Hall–Kier alpha value is -2.89. The molecule has 1 saturated heterocycles. The molecule has 3 rings (SSSR count). The zero-order valence-electron chi connectivity index (χ0n) is 17.0. The number of nitrogens with zero attached hydrogens (tertiary/aromatic N) is 4. The summed E-state index contributed by atoms with van der Waals surface area (Å²) in [5, 5.41) is 17.0. The number of hydrogen-bond donors (Lipinski definition) is 1. The molecule has 150 valence electrons. The normalized spacial score (nSPS) is 14.5. The van der Waals surface area contributed by atoms with Crippen molar-refractivity contribution in [1.82, 2.24) is 5.01 Å². The molecule has 0 spiro atoms. The summed E-state index contributed by atoms with van der Waals surface area (Å²) in [6.45, 7) is 9.47. The molecule has 0 bridgehead atoms. The number of methoxy groups -OCH3 is 1. The van der Waals surface area contributed by atoms with E-state index in [0.717, 1.165) is 62.0 Å². The number of piperazine rings is 1. The molecule has 1 N–H and O–H groups in total. The van der Waals surface area contributed by atoms with E-state index in [4.69, 9.17) is 4.74 Å². The van der Waals surface area contributed by atoms with E-state index in [1.165, 1.54) is 0 Å². The Kier molecular flexibility index (Phi) is 6.63. The van der Waals surface area contributed by atoms with Crippen molar-refractivity contribution in [3.63, 3.8) is 0 Å². The first-order valence-electron chi connectivity index (χ1n) is 9.91. The van der Waals surface area contributed by atoms with Crippen molar-refractivity contribution in [3.05, 3.63) is 48.0 Å². The van der Waals surface area contributed by atoms with E-state index < -0.39 is 0 Å². The molecule has 0 aromatic heterocycles. The first-order chi connectivity index (χ1) is 13.7. The van der Waals surface area contributed by atoms with E-state index in [-0.39, 0.29) is 5.75 Å². The van der Waals surface area contributed by atoms with Crippen LogP contribution in [-0.4, -0.2) is 62.7 Å². The molecule has 6 nitrogen and oxygen atoms in total. The highest BCUT2D eigenvalue weighted by atomic mass is 16.5. The number of rotatable bonds is 7. The van der Waals surface area contributed by atoms with E-state index in [1.54, 1.807) is 13.3 Å². The zero-order chi connectivity index (χ0) is 19.9. The maximum absolute atomic E-state index is 10.4. The summed E-state index contributed by atoms with van der Waals surface area (Å²) < 4.78 is 5.47. The van der Waals surface area contributed by atoms with Gasteiger partial charge in [-0.25, -0.2) is 0 Å². The van der Waals surface area contributed by atoms with Crippen molar-refractivity contribution >= 4 is 17.6 Å². The molecule has 2 aromatic carbocycles. The molecule has 0 radical (unpaired) electrons. The van der Waals surface area contributed by atoms with Crippen molar-refractivity contribution in [2.75, 3.05) is 56.2 Å². The molecular formula is C22H30N4O2. The molecule has 1 fully saturated rings. The summed E-state index contributed by atoms with van der Waals surface area (Å²) in [5.74, 6) is 1.17. The van der Waals surface area contributed by atoms with Crippen LogP contribution in [0.1, 0.15) is 19.4 Å². The van der Waals surface area contributed by atoms with Gasteiger partial charge in [0.25, 0.3) is 0 Å². The highest BCUT2D eigenvalue weighted by Crippen LogP contribution is 2.28. The van der Waals surface area contributed by atoms with Crippen molar-refractivity contribution < 1.29 is 9.84 Å². The monoisotopic (exact) mass is 382 g/mol. The maximum Gasteiger partial charge on any atom is 0.142 e. The lowest BCUT2D eigenvalue weighted by Crippen LogP contribution is -2.44. The fourth-order valence-corrected chi connectivity index (χ4v) is 3.51. The first kappa shape index (κ1) is 19.9. The summed E-state index contributed by atoms with van der Waals surface area (Å²) in [6, 6.07) is 13.9. The van der Waals surface area contributed by atoms with Gasteiger partial charge in [0.2, 0.25) is 0 Å². The minimum Gasteiger partial charge on any atom is -0.507 e. The van der Waals surface area contributed by atoms with Gasteiger partial charge in [0, 0.05) is 43.5 Å². The molecule has 0 aliphatic carbocycles. The molecule has 1 aliphatic heterocycles. The van der Waals surface area contributed by atoms with Crippen molar-refractivity contribution in [1.29, 1.82) is 0 Å². The Labute approximate surface area is 167 Å². The van der Waals surface area contributed by atoms with Gasteiger partial charge in [-0.2, -0.15) is 5.10 Å². The number of anilines is 2. The highest BCUT2D eigenvalue weighted by molar-refractivity contribution is 5.84. The van der Waals surface area contributed by atoms with Gasteiger partial charge >= 0.3 is 0 Å². The van der Waals surface area contributed by atoms with Crippen LogP contribution in [0.4, 0.5) is 11.4 Å². The Bertz CT molecular complexity index is 797. The average Bonchev–Trinajstić information content (AvgIpc) is 2.74. The lowest BCUT2D eigenvalue weighted by atomic mass is 10.2. The summed E-state index contributed by atoms with van der Waals surface area (Å²) in [5.41, 5.74) is 2.89. The van der Waals surface area contributed by atoms with Crippen LogP contribution in [0.2, 0.25) is 0 Å². The van der Waals surface area contributed by atoms with Crippen LogP contribution in [0, 0.1) is 0 Å². The van der Waals surface area contributed by atoms with Crippen molar-refractivity contribution in [3.8, 4) is 11.5 Å². The predicted molar refractivity (Wildman–Crippen MR) is 116 cm³/mol. The molecule has 0 amide bonds. The minimum absolute atomic E-state index is 0.265. The number of hydrazone groups is 1. The molecule has 0 atom stereocenters. The number of benzene rings is 2. The number of aromatic hydroxyl groups is 1. The Morgan fingerprint density at radius 2 is 1.79 bits per heavy atom. The molecule has 2 aromatic rings. The van der Waals surface area contributed by atoms with E-state index in [0.29, 0.717) is 0 Å². The maximum atomic E-state index is 10.4. The Balaban J connectivity index is 1.61. The van der Waals surface area contributed by atoms with E-state index in [1.807, 2.05) is 41.4 Å². The molecular weight excluding hydrogens is 352 g/mol. The second-order valence-corrected chi connectivity index (χ2v) is 6.77. The minimum atomic E-state index is 0.265. The second-order valence-electron chi connectivity index (χ2n) is 6.77. The van der Waals surface area contributed by atoms with Gasteiger partial charge in [0.15, 0.2) is 0 Å².